The Morgan fingerprint density at radius 2 is 2.33 bits per heavy atom. The largest absolute Gasteiger partial charge is 0.453 e. The number of aromatic nitrogens is 2. The topological polar surface area (TPSA) is 76.9 Å². The highest BCUT2D eigenvalue weighted by Crippen LogP contribution is 2.30. The number of nitrogen functional groups attached to an aromatic ring is 1. The lowest BCUT2D eigenvalue weighted by Crippen LogP contribution is -2.10. The first-order valence-corrected chi connectivity index (χ1v) is 6.23. The predicted molar refractivity (Wildman–Crippen MR) is 73.1 cm³/mol. The highest BCUT2D eigenvalue weighted by Gasteiger charge is 2.07. The number of hydrogen-bond donors (Lipinski definition) is 2. The molecule has 0 bridgehead atoms. The van der Waals surface area contributed by atoms with Crippen LogP contribution >= 0.6 is 15.9 Å². The maximum Gasteiger partial charge on any atom is 0.165 e. The SMILES string of the molecule is CCn1cc(Oc2ccc(C(=N)N)cc2Br)cn1. The van der Waals surface area contributed by atoms with Gasteiger partial charge >= 0.3 is 0 Å². The molecule has 6 heteroatoms. The Balaban J connectivity index is 2.21. The van der Waals surface area contributed by atoms with E-state index in [1.54, 1.807) is 29.1 Å². The van der Waals surface area contributed by atoms with E-state index in [2.05, 4.69) is 21.0 Å². The third-order valence-corrected chi connectivity index (χ3v) is 3.02. The molecule has 5 nitrogen and oxygen atoms in total. The van der Waals surface area contributed by atoms with Gasteiger partial charge in [0.1, 0.15) is 11.6 Å². The van der Waals surface area contributed by atoms with Crippen molar-refractivity contribution in [1.82, 2.24) is 9.78 Å². The minimum absolute atomic E-state index is 0.0288. The average molecular weight is 309 g/mol. The van der Waals surface area contributed by atoms with E-state index >= 15 is 0 Å². The van der Waals surface area contributed by atoms with E-state index in [-0.39, 0.29) is 5.84 Å². The minimum Gasteiger partial charge on any atom is -0.453 e. The molecule has 3 N–H and O–H groups in total. The van der Waals surface area contributed by atoms with E-state index in [0.717, 1.165) is 11.0 Å². The fourth-order valence-electron chi connectivity index (χ4n) is 1.45. The van der Waals surface area contributed by atoms with Crippen LogP contribution < -0.4 is 10.5 Å². The molecule has 0 unspecified atom stereocenters. The van der Waals surface area contributed by atoms with E-state index in [9.17, 15) is 0 Å². The van der Waals surface area contributed by atoms with Crippen LogP contribution in [0.1, 0.15) is 12.5 Å². The van der Waals surface area contributed by atoms with Crippen LogP contribution in [0.5, 0.6) is 11.5 Å². The van der Waals surface area contributed by atoms with Gasteiger partial charge in [0.2, 0.25) is 0 Å². The normalized spacial score (nSPS) is 10.3. The summed E-state index contributed by atoms with van der Waals surface area (Å²) in [6.45, 7) is 2.81. The second kappa shape index (κ2) is 5.22. The van der Waals surface area contributed by atoms with Crippen LogP contribution in [0.3, 0.4) is 0 Å². The summed E-state index contributed by atoms with van der Waals surface area (Å²) in [5, 5.41) is 11.5. The third-order valence-electron chi connectivity index (χ3n) is 2.40. The van der Waals surface area contributed by atoms with Crippen molar-refractivity contribution in [2.75, 3.05) is 0 Å². The van der Waals surface area contributed by atoms with Crippen LogP contribution in [-0.4, -0.2) is 15.6 Å². The van der Waals surface area contributed by atoms with Gasteiger partial charge in [0.05, 0.1) is 16.9 Å². The number of hydrogen-bond acceptors (Lipinski definition) is 3. The Kier molecular flexibility index (Phi) is 3.66. The van der Waals surface area contributed by atoms with Crippen molar-refractivity contribution in [2.24, 2.45) is 5.73 Å². The molecule has 18 heavy (non-hydrogen) atoms. The van der Waals surface area contributed by atoms with Gasteiger partial charge in [-0.2, -0.15) is 5.10 Å². The molecule has 0 aliphatic rings. The summed E-state index contributed by atoms with van der Waals surface area (Å²) in [7, 11) is 0. The van der Waals surface area contributed by atoms with E-state index in [0.29, 0.717) is 17.1 Å². The quantitative estimate of drug-likeness (QED) is 0.673. The van der Waals surface area contributed by atoms with Gasteiger partial charge in [0.15, 0.2) is 5.75 Å². The second-order valence-electron chi connectivity index (χ2n) is 3.69. The molecule has 0 aliphatic heterocycles. The number of nitrogens with zero attached hydrogens (tertiary/aromatic N) is 2. The molecule has 0 atom stereocenters. The van der Waals surface area contributed by atoms with Crippen LogP contribution in [0.4, 0.5) is 0 Å². The van der Waals surface area contributed by atoms with Gasteiger partial charge in [0.25, 0.3) is 0 Å². The van der Waals surface area contributed by atoms with Crippen molar-refractivity contribution in [2.45, 2.75) is 13.5 Å². The molecular weight excluding hydrogens is 296 g/mol. The number of benzene rings is 1. The zero-order chi connectivity index (χ0) is 13.1. The molecule has 1 aromatic heterocycles. The van der Waals surface area contributed by atoms with Gasteiger partial charge in [-0.3, -0.25) is 10.1 Å². The smallest absolute Gasteiger partial charge is 0.165 e. The minimum atomic E-state index is 0.0288. The lowest BCUT2D eigenvalue weighted by Gasteiger charge is -2.07. The Bertz CT molecular complexity index is 579. The van der Waals surface area contributed by atoms with Crippen molar-refractivity contribution in [3.8, 4) is 11.5 Å². The fourth-order valence-corrected chi connectivity index (χ4v) is 1.91. The van der Waals surface area contributed by atoms with Gasteiger partial charge in [-0.05, 0) is 41.1 Å². The summed E-state index contributed by atoms with van der Waals surface area (Å²) in [6.07, 6.45) is 3.49. The molecular formula is C12H13BrN4O. The third kappa shape index (κ3) is 2.70. The fraction of sp³-hybridized carbons (Fsp3) is 0.167. The molecule has 1 aromatic carbocycles. The second-order valence-corrected chi connectivity index (χ2v) is 4.55. The van der Waals surface area contributed by atoms with Crippen LogP contribution in [-0.2, 0) is 6.54 Å². The molecule has 2 aromatic rings. The Morgan fingerprint density at radius 3 is 2.89 bits per heavy atom. The summed E-state index contributed by atoms with van der Waals surface area (Å²) < 4.78 is 8.22. The highest BCUT2D eigenvalue weighted by atomic mass is 79.9. The van der Waals surface area contributed by atoms with Gasteiger partial charge in [-0.1, -0.05) is 0 Å². The Morgan fingerprint density at radius 1 is 1.56 bits per heavy atom. The highest BCUT2D eigenvalue weighted by molar-refractivity contribution is 9.10. The molecule has 0 saturated heterocycles. The average Bonchev–Trinajstić information content (AvgIpc) is 2.79. The zero-order valence-electron chi connectivity index (χ0n) is 9.85. The molecule has 0 saturated carbocycles. The first kappa shape index (κ1) is 12.6. The zero-order valence-corrected chi connectivity index (χ0v) is 11.4. The standard InChI is InChI=1S/C12H13BrN4O/c1-2-17-7-9(6-16-17)18-11-4-3-8(12(14)15)5-10(11)13/h3-7H,2H2,1H3,(H3,14,15). The molecule has 1 heterocycles. The van der Waals surface area contributed by atoms with Crippen molar-refractivity contribution in [3.63, 3.8) is 0 Å². The first-order valence-electron chi connectivity index (χ1n) is 5.44. The first-order chi connectivity index (χ1) is 8.60. The molecule has 0 amide bonds. The summed E-state index contributed by atoms with van der Waals surface area (Å²) in [6, 6.07) is 5.26. The maximum atomic E-state index is 7.35. The number of halogens is 1. The molecule has 94 valence electrons. The number of rotatable bonds is 4. The van der Waals surface area contributed by atoms with Crippen molar-refractivity contribution >= 4 is 21.8 Å². The van der Waals surface area contributed by atoms with E-state index in [1.165, 1.54) is 0 Å². The van der Waals surface area contributed by atoms with Crippen molar-refractivity contribution < 1.29 is 4.74 Å². The van der Waals surface area contributed by atoms with E-state index in [1.807, 2.05) is 13.1 Å². The van der Waals surface area contributed by atoms with Gasteiger partial charge in [0, 0.05) is 12.1 Å². The van der Waals surface area contributed by atoms with Crippen molar-refractivity contribution in [3.05, 3.63) is 40.6 Å². The molecule has 0 aliphatic carbocycles. The molecule has 0 spiro atoms. The van der Waals surface area contributed by atoms with Crippen LogP contribution in [0.25, 0.3) is 0 Å². The lowest BCUT2D eigenvalue weighted by molar-refractivity contribution is 0.478. The van der Waals surface area contributed by atoms with E-state index in [4.69, 9.17) is 15.9 Å². The molecule has 0 radical (unpaired) electrons. The summed E-state index contributed by atoms with van der Waals surface area (Å²) in [5.41, 5.74) is 6.07. The van der Waals surface area contributed by atoms with Crippen LogP contribution in [0.15, 0.2) is 35.1 Å². The van der Waals surface area contributed by atoms with Gasteiger partial charge < -0.3 is 10.5 Å². The summed E-state index contributed by atoms with van der Waals surface area (Å²) in [4.78, 5) is 0. The number of amidine groups is 1. The Labute approximate surface area is 113 Å². The van der Waals surface area contributed by atoms with Crippen LogP contribution in [0.2, 0.25) is 0 Å². The number of nitrogens with two attached hydrogens (primary N) is 1. The molecule has 2 rings (SSSR count). The predicted octanol–water partition coefficient (Wildman–Crippen LogP) is 2.74. The molecule has 0 fully saturated rings. The summed E-state index contributed by atoms with van der Waals surface area (Å²) >= 11 is 3.39. The number of ether oxygens (including phenoxy) is 1. The van der Waals surface area contributed by atoms with Gasteiger partial charge in [-0.15, -0.1) is 0 Å². The number of aryl methyl sites for hydroxylation is 1. The van der Waals surface area contributed by atoms with E-state index < -0.39 is 0 Å². The summed E-state index contributed by atoms with van der Waals surface area (Å²) in [5.74, 6) is 1.37. The van der Waals surface area contributed by atoms with Crippen LogP contribution in [0, 0.1) is 5.41 Å². The van der Waals surface area contributed by atoms with Gasteiger partial charge in [-0.25, -0.2) is 0 Å². The number of nitrogens with one attached hydrogen (secondary N) is 1. The Hall–Kier alpha value is -1.82. The monoisotopic (exact) mass is 308 g/mol. The lowest BCUT2D eigenvalue weighted by atomic mass is 10.2. The maximum absolute atomic E-state index is 7.35. The van der Waals surface area contributed by atoms with Crippen molar-refractivity contribution in [1.29, 1.82) is 5.41 Å².